The Bertz CT molecular complexity index is 781. The zero-order chi connectivity index (χ0) is 17.5. The number of hydrogen-bond donors (Lipinski definition) is 2. The predicted molar refractivity (Wildman–Crippen MR) is 93.4 cm³/mol. The van der Waals surface area contributed by atoms with Gasteiger partial charge in [-0.05, 0) is 47.9 Å². The average Bonchev–Trinajstić information content (AvgIpc) is 2.59. The third kappa shape index (κ3) is 4.23. The first-order valence-electron chi connectivity index (χ1n) is 7.53. The lowest BCUT2D eigenvalue weighted by Gasteiger charge is -2.07. The molecular formula is C19H19NO4. The first-order chi connectivity index (χ1) is 11.5. The molecule has 0 saturated heterocycles. The lowest BCUT2D eigenvalue weighted by Crippen LogP contribution is -2.11. The first kappa shape index (κ1) is 17.3. The van der Waals surface area contributed by atoms with Crippen LogP contribution in [0.25, 0.3) is 6.08 Å². The standard InChI is InChI=1S/C19H19NO4/c1-3-14-12-13(8-10-17(14)24-2)9-11-18(21)20-16-7-5-4-6-15(16)19(22)23/h4-12H,3H2,1-2H3,(H,20,21)(H,22,23). The summed E-state index contributed by atoms with van der Waals surface area (Å²) < 4.78 is 5.27. The van der Waals surface area contributed by atoms with E-state index in [0.717, 1.165) is 23.3 Å². The van der Waals surface area contributed by atoms with E-state index in [0.29, 0.717) is 0 Å². The van der Waals surface area contributed by atoms with Crippen molar-refractivity contribution in [3.05, 3.63) is 65.2 Å². The summed E-state index contributed by atoms with van der Waals surface area (Å²) in [5, 5.41) is 11.7. The molecule has 0 bridgehead atoms. The first-order valence-corrected chi connectivity index (χ1v) is 7.53. The number of anilines is 1. The van der Waals surface area contributed by atoms with Gasteiger partial charge in [-0.15, -0.1) is 0 Å². The highest BCUT2D eigenvalue weighted by molar-refractivity contribution is 6.06. The Kier molecular flexibility index (Phi) is 5.73. The molecule has 0 spiro atoms. The predicted octanol–water partition coefficient (Wildman–Crippen LogP) is 3.61. The highest BCUT2D eigenvalue weighted by Gasteiger charge is 2.10. The molecule has 0 aliphatic rings. The molecule has 5 nitrogen and oxygen atoms in total. The summed E-state index contributed by atoms with van der Waals surface area (Å²) in [7, 11) is 1.62. The van der Waals surface area contributed by atoms with Gasteiger partial charge < -0.3 is 15.2 Å². The number of carbonyl (C=O) groups is 2. The zero-order valence-corrected chi connectivity index (χ0v) is 13.6. The number of methoxy groups -OCH3 is 1. The van der Waals surface area contributed by atoms with Gasteiger partial charge in [0.1, 0.15) is 5.75 Å². The third-order valence-electron chi connectivity index (χ3n) is 3.53. The van der Waals surface area contributed by atoms with Gasteiger partial charge in [0.2, 0.25) is 5.91 Å². The molecule has 0 unspecified atom stereocenters. The van der Waals surface area contributed by atoms with Crippen molar-refractivity contribution in [3.8, 4) is 5.75 Å². The van der Waals surface area contributed by atoms with Crippen LogP contribution in [0, 0.1) is 0 Å². The van der Waals surface area contributed by atoms with Crippen molar-refractivity contribution in [1.29, 1.82) is 0 Å². The molecule has 0 aromatic heterocycles. The topological polar surface area (TPSA) is 75.6 Å². The van der Waals surface area contributed by atoms with Gasteiger partial charge in [-0.25, -0.2) is 4.79 Å². The molecule has 2 rings (SSSR count). The molecule has 0 saturated carbocycles. The minimum atomic E-state index is -1.09. The van der Waals surface area contributed by atoms with Crippen LogP contribution < -0.4 is 10.1 Å². The molecule has 2 aromatic rings. The zero-order valence-electron chi connectivity index (χ0n) is 13.6. The van der Waals surface area contributed by atoms with Gasteiger partial charge in [-0.2, -0.15) is 0 Å². The second kappa shape index (κ2) is 7.97. The number of aryl methyl sites for hydroxylation is 1. The van der Waals surface area contributed by atoms with Crippen LogP contribution in [-0.4, -0.2) is 24.1 Å². The van der Waals surface area contributed by atoms with Crippen molar-refractivity contribution in [1.82, 2.24) is 0 Å². The monoisotopic (exact) mass is 325 g/mol. The number of carboxylic acid groups (broad SMARTS) is 1. The van der Waals surface area contributed by atoms with Gasteiger partial charge in [0.25, 0.3) is 0 Å². The lowest BCUT2D eigenvalue weighted by molar-refractivity contribution is -0.111. The fourth-order valence-electron chi connectivity index (χ4n) is 2.30. The summed E-state index contributed by atoms with van der Waals surface area (Å²) in [5.74, 6) is -0.662. The molecule has 24 heavy (non-hydrogen) atoms. The molecule has 1 amide bonds. The fraction of sp³-hybridized carbons (Fsp3) is 0.158. The van der Waals surface area contributed by atoms with Crippen LogP contribution >= 0.6 is 0 Å². The molecule has 0 aliphatic carbocycles. The van der Waals surface area contributed by atoms with E-state index in [-0.39, 0.29) is 11.3 Å². The smallest absolute Gasteiger partial charge is 0.337 e. The summed E-state index contributed by atoms with van der Waals surface area (Å²) in [4.78, 5) is 23.2. The van der Waals surface area contributed by atoms with Crippen LogP contribution in [0.15, 0.2) is 48.5 Å². The van der Waals surface area contributed by atoms with Crippen LogP contribution in [0.1, 0.15) is 28.4 Å². The van der Waals surface area contributed by atoms with Crippen LogP contribution in [0.5, 0.6) is 5.75 Å². The Balaban J connectivity index is 2.13. The number of amides is 1. The van der Waals surface area contributed by atoms with Crippen LogP contribution in [0.2, 0.25) is 0 Å². The van der Waals surface area contributed by atoms with Gasteiger partial charge in [-0.1, -0.05) is 25.1 Å². The number of benzene rings is 2. The van der Waals surface area contributed by atoms with E-state index in [2.05, 4.69) is 5.32 Å². The average molecular weight is 325 g/mol. The maximum absolute atomic E-state index is 12.0. The van der Waals surface area contributed by atoms with Gasteiger partial charge in [0.05, 0.1) is 18.4 Å². The molecule has 5 heteroatoms. The van der Waals surface area contributed by atoms with Crippen molar-refractivity contribution >= 4 is 23.6 Å². The number of hydrogen-bond acceptors (Lipinski definition) is 3. The Morgan fingerprint density at radius 3 is 2.62 bits per heavy atom. The Morgan fingerprint density at radius 1 is 1.21 bits per heavy atom. The second-order valence-corrected chi connectivity index (χ2v) is 5.10. The summed E-state index contributed by atoms with van der Waals surface area (Å²) in [6, 6.07) is 11.9. The minimum Gasteiger partial charge on any atom is -0.496 e. The minimum absolute atomic E-state index is 0.0527. The number of nitrogens with one attached hydrogen (secondary N) is 1. The van der Waals surface area contributed by atoms with Crippen LogP contribution in [0.4, 0.5) is 5.69 Å². The highest BCUT2D eigenvalue weighted by atomic mass is 16.5. The molecule has 0 aliphatic heterocycles. The summed E-state index contributed by atoms with van der Waals surface area (Å²) in [6.07, 6.45) is 3.88. The number of carbonyl (C=O) groups excluding carboxylic acids is 1. The van der Waals surface area contributed by atoms with E-state index in [1.807, 2.05) is 25.1 Å². The van der Waals surface area contributed by atoms with E-state index in [4.69, 9.17) is 9.84 Å². The van der Waals surface area contributed by atoms with Gasteiger partial charge in [0.15, 0.2) is 0 Å². The molecule has 2 N–H and O–H groups in total. The van der Waals surface area contributed by atoms with Crippen molar-refractivity contribution in [3.63, 3.8) is 0 Å². The maximum Gasteiger partial charge on any atom is 0.337 e. The van der Waals surface area contributed by atoms with E-state index < -0.39 is 11.9 Å². The number of rotatable bonds is 6. The van der Waals surface area contributed by atoms with Crippen LogP contribution in [0.3, 0.4) is 0 Å². The molecule has 2 aromatic carbocycles. The summed E-state index contributed by atoms with van der Waals surface area (Å²) in [6.45, 7) is 2.03. The van der Waals surface area contributed by atoms with Gasteiger partial charge in [0, 0.05) is 6.08 Å². The number of ether oxygens (including phenoxy) is 1. The van der Waals surface area contributed by atoms with E-state index in [1.165, 1.54) is 12.1 Å². The van der Waals surface area contributed by atoms with Crippen molar-refractivity contribution < 1.29 is 19.4 Å². The number of aromatic carboxylic acids is 1. The summed E-state index contributed by atoms with van der Waals surface area (Å²) >= 11 is 0. The highest BCUT2D eigenvalue weighted by Crippen LogP contribution is 2.21. The molecule has 0 heterocycles. The Labute approximate surface area is 140 Å². The molecule has 0 fully saturated rings. The van der Waals surface area contributed by atoms with Crippen molar-refractivity contribution in [2.75, 3.05) is 12.4 Å². The van der Waals surface area contributed by atoms with Gasteiger partial charge in [-0.3, -0.25) is 4.79 Å². The fourth-order valence-corrected chi connectivity index (χ4v) is 2.30. The van der Waals surface area contributed by atoms with Crippen molar-refractivity contribution in [2.45, 2.75) is 13.3 Å². The normalized spacial score (nSPS) is 10.6. The SMILES string of the molecule is CCc1cc(C=CC(=O)Nc2ccccc2C(=O)O)ccc1OC. The number of carboxylic acids is 1. The van der Waals surface area contributed by atoms with Gasteiger partial charge >= 0.3 is 5.97 Å². The molecule has 0 radical (unpaired) electrons. The largest absolute Gasteiger partial charge is 0.496 e. The second-order valence-electron chi connectivity index (χ2n) is 5.10. The lowest BCUT2D eigenvalue weighted by atomic mass is 10.1. The van der Waals surface area contributed by atoms with E-state index in [1.54, 1.807) is 31.4 Å². The van der Waals surface area contributed by atoms with Crippen LogP contribution in [-0.2, 0) is 11.2 Å². The Morgan fingerprint density at radius 2 is 1.96 bits per heavy atom. The maximum atomic E-state index is 12.0. The van der Waals surface area contributed by atoms with E-state index in [9.17, 15) is 9.59 Å². The Hall–Kier alpha value is -3.08. The third-order valence-corrected chi connectivity index (χ3v) is 3.53. The molecule has 124 valence electrons. The molecular weight excluding hydrogens is 306 g/mol. The van der Waals surface area contributed by atoms with Crippen molar-refractivity contribution in [2.24, 2.45) is 0 Å². The quantitative estimate of drug-likeness (QED) is 0.796. The van der Waals surface area contributed by atoms with E-state index >= 15 is 0 Å². The number of para-hydroxylation sites is 1. The molecule has 0 atom stereocenters. The summed E-state index contributed by atoms with van der Waals surface area (Å²) in [5.41, 5.74) is 2.24.